The van der Waals surface area contributed by atoms with E-state index in [-0.39, 0.29) is 23.7 Å². The molecule has 1 saturated heterocycles. The van der Waals surface area contributed by atoms with Crippen LogP contribution in [0.5, 0.6) is 0 Å². The normalized spacial score (nSPS) is 16.7. The standard InChI is InChI=1S/C22H25FN2O2S/c1-3-24(4-2)22(27)19-10-7-15-25(19)21(26)14-12-16-11-13-20(28-16)17-8-5-6-9-18(17)23/h5-6,8-9,11-14,19H,3-4,7,10,15H2,1-2H3/b14-12+. The molecule has 3 rings (SSSR count). The lowest BCUT2D eigenvalue weighted by molar-refractivity contribution is -0.141. The lowest BCUT2D eigenvalue weighted by atomic mass is 10.2. The van der Waals surface area contributed by atoms with Crippen LogP contribution in [-0.2, 0) is 9.59 Å². The van der Waals surface area contributed by atoms with Crippen molar-refractivity contribution in [2.45, 2.75) is 32.7 Å². The number of amides is 2. The summed E-state index contributed by atoms with van der Waals surface area (Å²) in [4.78, 5) is 30.5. The number of thiophene rings is 1. The van der Waals surface area contributed by atoms with Crippen LogP contribution < -0.4 is 0 Å². The minimum Gasteiger partial charge on any atom is -0.341 e. The summed E-state index contributed by atoms with van der Waals surface area (Å²) in [5.41, 5.74) is 0.558. The maximum Gasteiger partial charge on any atom is 0.247 e. The highest BCUT2D eigenvalue weighted by Crippen LogP contribution is 2.30. The average Bonchev–Trinajstić information content (AvgIpc) is 3.37. The number of halogens is 1. The smallest absolute Gasteiger partial charge is 0.247 e. The molecule has 4 nitrogen and oxygen atoms in total. The molecular formula is C22H25FN2O2S. The predicted octanol–water partition coefficient (Wildman–Crippen LogP) is 4.43. The molecule has 0 saturated carbocycles. The van der Waals surface area contributed by atoms with Gasteiger partial charge in [0.2, 0.25) is 11.8 Å². The predicted molar refractivity (Wildman–Crippen MR) is 111 cm³/mol. The first-order chi connectivity index (χ1) is 13.5. The molecule has 1 unspecified atom stereocenters. The van der Waals surface area contributed by atoms with Gasteiger partial charge in [0.25, 0.3) is 0 Å². The summed E-state index contributed by atoms with van der Waals surface area (Å²) in [5, 5.41) is 0. The highest BCUT2D eigenvalue weighted by atomic mass is 32.1. The summed E-state index contributed by atoms with van der Waals surface area (Å²) in [6.45, 7) is 5.81. The van der Waals surface area contributed by atoms with E-state index in [2.05, 4.69) is 0 Å². The van der Waals surface area contributed by atoms with Crippen LogP contribution in [0.4, 0.5) is 4.39 Å². The van der Waals surface area contributed by atoms with E-state index >= 15 is 0 Å². The van der Waals surface area contributed by atoms with Crippen molar-refractivity contribution < 1.29 is 14.0 Å². The molecular weight excluding hydrogens is 375 g/mol. The van der Waals surface area contributed by atoms with Gasteiger partial charge in [-0.2, -0.15) is 0 Å². The molecule has 2 amide bonds. The second-order valence-corrected chi connectivity index (χ2v) is 7.83. The number of hydrogen-bond acceptors (Lipinski definition) is 3. The van der Waals surface area contributed by atoms with Gasteiger partial charge >= 0.3 is 0 Å². The quantitative estimate of drug-likeness (QED) is 0.673. The Balaban J connectivity index is 1.70. The van der Waals surface area contributed by atoms with Gasteiger partial charge in [-0.1, -0.05) is 18.2 Å². The summed E-state index contributed by atoms with van der Waals surface area (Å²) in [6.07, 6.45) is 4.82. The summed E-state index contributed by atoms with van der Waals surface area (Å²) in [6, 6.07) is 10.0. The molecule has 1 aromatic heterocycles. The number of hydrogen-bond donors (Lipinski definition) is 0. The zero-order chi connectivity index (χ0) is 20.1. The van der Waals surface area contributed by atoms with E-state index in [0.29, 0.717) is 31.6 Å². The maximum atomic E-state index is 13.9. The molecule has 0 N–H and O–H groups in total. The summed E-state index contributed by atoms with van der Waals surface area (Å²) >= 11 is 1.43. The summed E-state index contributed by atoms with van der Waals surface area (Å²) in [5.74, 6) is -0.378. The third kappa shape index (κ3) is 4.33. The lowest BCUT2D eigenvalue weighted by Gasteiger charge is -2.28. The van der Waals surface area contributed by atoms with Gasteiger partial charge in [-0.15, -0.1) is 11.3 Å². The van der Waals surface area contributed by atoms with Crippen LogP contribution in [0, 0.1) is 5.82 Å². The third-order valence-electron chi connectivity index (χ3n) is 5.05. The number of carbonyl (C=O) groups is 2. The monoisotopic (exact) mass is 400 g/mol. The first-order valence-corrected chi connectivity index (χ1v) is 10.5. The second-order valence-electron chi connectivity index (χ2n) is 6.72. The topological polar surface area (TPSA) is 40.6 Å². The molecule has 28 heavy (non-hydrogen) atoms. The maximum absolute atomic E-state index is 13.9. The Morgan fingerprint density at radius 2 is 1.96 bits per heavy atom. The Morgan fingerprint density at radius 1 is 1.21 bits per heavy atom. The van der Waals surface area contributed by atoms with Crippen molar-refractivity contribution in [1.29, 1.82) is 0 Å². The van der Waals surface area contributed by atoms with E-state index in [4.69, 9.17) is 0 Å². The van der Waals surface area contributed by atoms with Gasteiger partial charge in [-0.05, 0) is 51.0 Å². The Kier molecular flexibility index (Phi) is 6.62. The SMILES string of the molecule is CCN(CC)C(=O)C1CCCN1C(=O)/C=C/c1ccc(-c2ccccc2F)s1. The molecule has 1 aromatic carbocycles. The Labute approximate surface area is 169 Å². The van der Waals surface area contributed by atoms with Crippen molar-refractivity contribution in [3.8, 4) is 10.4 Å². The van der Waals surface area contributed by atoms with Gasteiger partial charge in [0.1, 0.15) is 11.9 Å². The fourth-order valence-corrected chi connectivity index (χ4v) is 4.47. The number of carbonyl (C=O) groups excluding carboxylic acids is 2. The van der Waals surface area contributed by atoms with Crippen molar-refractivity contribution >= 4 is 29.2 Å². The number of benzene rings is 1. The van der Waals surface area contributed by atoms with Gasteiger partial charge in [0.15, 0.2) is 0 Å². The minimum atomic E-state index is -0.366. The number of likely N-dealkylation sites (N-methyl/N-ethyl adjacent to an activating group) is 1. The Morgan fingerprint density at radius 3 is 2.68 bits per heavy atom. The highest BCUT2D eigenvalue weighted by Gasteiger charge is 2.34. The zero-order valence-corrected chi connectivity index (χ0v) is 17.0. The van der Waals surface area contributed by atoms with Gasteiger partial charge in [-0.25, -0.2) is 4.39 Å². The van der Waals surface area contributed by atoms with Crippen molar-refractivity contribution in [2.75, 3.05) is 19.6 Å². The Bertz CT molecular complexity index is 873. The molecule has 2 heterocycles. The van der Waals surface area contributed by atoms with Gasteiger partial charge in [0.05, 0.1) is 0 Å². The first-order valence-electron chi connectivity index (χ1n) is 9.67. The molecule has 1 aliphatic rings. The van der Waals surface area contributed by atoms with Crippen molar-refractivity contribution in [3.05, 3.63) is 53.2 Å². The van der Waals surface area contributed by atoms with Gasteiger partial charge in [-0.3, -0.25) is 9.59 Å². The van der Waals surface area contributed by atoms with E-state index < -0.39 is 0 Å². The number of nitrogens with zero attached hydrogens (tertiary/aromatic N) is 2. The average molecular weight is 401 g/mol. The van der Waals surface area contributed by atoms with Crippen molar-refractivity contribution in [2.24, 2.45) is 0 Å². The molecule has 1 fully saturated rings. The van der Waals surface area contributed by atoms with E-state index in [1.54, 1.807) is 34.1 Å². The number of likely N-dealkylation sites (tertiary alicyclic amines) is 1. The van der Waals surface area contributed by atoms with Crippen LogP contribution in [0.1, 0.15) is 31.6 Å². The van der Waals surface area contributed by atoms with Crippen LogP contribution in [0.3, 0.4) is 0 Å². The van der Waals surface area contributed by atoms with Crippen LogP contribution >= 0.6 is 11.3 Å². The molecule has 0 aliphatic carbocycles. The molecule has 2 aromatic rings. The zero-order valence-electron chi connectivity index (χ0n) is 16.2. The lowest BCUT2D eigenvalue weighted by Crippen LogP contribution is -2.47. The van der Waals surface area contributed by atoms with Gasteiger partial charge in [0, 0.05) is 41.0 Å². The van der Waals surface area contributed by atoms with Crippen LogP contribution in [0.2, 0.25) is 0 Å². The largest absolute Gasteiger partial charge is 0.341 e. The highest BCUT2D eigenvalue weighted by molar-refractivity contribution is 7.16. The van der Waals surface area contributed by atoms with Crippen LogP contribution in [0.15, 0.2) is 42.5 Å². The van der Waals surface area contributed by atoms with E-state index in [1.807, 2.05) is 26.0 Å². The summed E-state index contributed by atoms with van der Waals surface area (Å²) in [7, 11) is 0. The molecule has 1 atom stereocenters. The van der Waals surface area contributed by atoms with Crippen LogP contribution in [0.25, 0.3) is 16.5 Å². The molecule has 148 valence electrons. The molecule has 0 spiro atoms. The molecule has 1 aliphatic heterocycles. The minimum absolute atomic E-state index is 0.0298. The second kappa shape index (κ2) is 9.15. The van der Waals surface area contributed by atoms with Gasteiger partial charge < -0.3 is 9.80 Å². The van der Waals surface area contributed by atoms with Crippen molar-refractivity contribution in [1.82, 2.24) is 9.80 Å². The molecule has 0 radical (unpaired) electrons. The van der Waals surface area contributed by atoms with Crippen molar-refractivity contribution in [3.63, 3.8) is 0 Å². The summed E-state index contributed by atoms with van der Waals surface area (Å²) < 4.78 is 13.9. The fourth-order valence-electron chi connectivity index (χ4n) is 3.53. The first kappa shape index (κ1) is 20.3. The molecule has 0 bridgehead atoms. The third-order valence-corrected chi connectivity index (χ3v) is 6.14. The van der Waals surface area contributed by atoms with Crippen LogP contribution in [-0.4, -0.2) is 47.3 Å². The fraction of sp³-hybridized carbons (Fsp3) is 0.364. The Hall–Kier alpha value is -2.47. The number of rotatable bonds is 6. The van der Waals surface area contributed by atoms with E-state index in [9.17, 15) is 14.0 Å². The van der Waals surface area contributed by atoms with E-state index in [0.717, 1.165) is 16.2 Å². The van der Waals surface area contributed by atoms with E-state index in [1.165, 1.54) is 23.5 Å². The molecule has 6 heteroatoms.